The van der Waals surface area contributed by atoms with Gasteiger partial charge in [0.15, 0.2) is 6.10 Å². The maximum absolute atomic E-state index is 13.1. The van der Waals surface area contributed by atoms with Crippen LogP contribution >= 0.6 is 0 Å². The number of amides is 1. The van der Waals surface area contributed by atoms with Gasteiger partial charge in [0.1, 0.15) is 12.0 Å². The molecule has 3 heterocycles. The van der Waals surface area contributed by atoms with Crippen LogP contribution in [0.4, 0.5) is 23.4 Å². The van der Waals surface area contributed by atoms with E-state index in [0.717, 1.165) is 12.3 Å². The van der Waals surface area contributed by atoms with Gasteiger partial charge in [-0.05, 0) is 31.0 Å². The van der Waals surface area contributed by atoms with Crippen molar-refractivity contribution in [2.75, 3.05) is 5.32 Å². The Kier molecular flexibility index (Phi) is 5.24. The maximum atomic E-state index is 13.1. The number of aliphatic hydroxyl groups excluding tert-OH is 1. The largest absolute Gasteiger partial charge is 0.420 e. The molecule has 3 aromatic rings. The molecule has 7 nitrogen and oxygen atoms in total. The predicted octanol–water partition coefficient (Wildman–Crippen LogP) is 3.20. The average Bonchev–Trinajstić information content (AvgIpc) is 3.47. The van der Waals surface area contributed by atoms with Crippen molar-refractivity contribution < 1.29 is 27.5 Å². The van der Waals surface area contributed by atoms with Gasteiger partial charge in [-0.2, -0.15) is 13.2 Å². The molecule has 1 saturated carbocycles. The second-order valence-corrected chi connectivity index (χ2v) is 7.77. The standard InChI is InChI=1S/C21H18F4N4O3/c1-9-3-15(18(30)21(23,24)25)26-8-13(9)11-4-10-7-27-17(6-16(10)29(2)20(11)32)28-19(31)12-5-14(12)22/h3-4,6-8,12,14,18,30H,5H2,1-2H3,(H,27,28,31)/t12-,14+,18-/m1/s1. The zero-order valence-electron chi connectivity index (χ0n) is 16.9. The van der Waals surface area contributed by atoms with Crippen molar-refractivity contribution in [2.45, 2.75) is 31.8 Å². The molecule has 1 aliphatic carbocycles. The summed E-state index contributed by atoms with van der Waals surface area (Å²) in [5, 5.41) is 12.5. The lowest BCUT2D eigenvalue weighted by atomic mass is 10.0. The summed E-state index contributed by atoms with van der Waals surface area (Å²) in [5.41, 5.74) is 0.273. The fourth-order valence-corrected chi connectivity index (χ4v) is 3.46. The number of hydrogen-bond acceptors (Lipinski definition) is 5. The number of hydrogen-bond donors (Lipinski definition) is 2. The van der Waals surface area contributed by atoms with E-state index >= 15 is 0 Å². The highest BCUT2D eigenvalue weighted by Crippen LogP contribution is 2.35. The van der Waals surface area contributed by atoms with E-state index in [9.17, 15) is 32.3 Å². The molecule has 0 saturated heterocycles. The number of anilines is 1. The quantitative estimate of drug-likeness (QED) is 0.595. The molecule has 0 spiro atoms. The van der Waals surface area contributed by atoms with E-state index < -0.39 is 41.5 Å². The maximum Gasteiger partial charge on any atom is 0.420 e. The van der Waals surface area contributed by atoms with Gasteiger partial charge >= 0.3 is 6.18 Å². The van der Waals surface area contributed by atoms with Crippen LogP contribution in [0.2, 0.25) is 0 Å². The van der Waals surface area contributed by atoms with Crippen LogP contribution in [0.5, 0.6) is 0 Å². The molecule has 1 amide bonds. The Morgan fingerprint density at radius 3 is 2.50 bits per heavy atom. The van der Waals surface area contributed by atoms with Crippen molar-refractivity contribution in [1.29, 1.82) is 0 Å². The highest BCUT2D eigenvalue weighted by atomic mass is 19.4. The van der Waals surface area contributed by atoms with E-state index in [2.05, 4.69) is 15.3 Å². The van der Waals surface area contributed by atoms with Gasteiger partial charge in [-0.1, -0.05) is 0 Å². The van der Waals surface area contributed by atoms with Crippen LogP contribution in [0.25, 0.3) is 22.0 Å². The molecule has 3 atom stereocenters. The third-order valence-electron chi connectivity index (χ3n) is 5.42. The second-order valence-electron chi connectivity index (χ2n) is 7.77. The molecule has 32 heavy (non-hydrogen) atoms. The van der Waals surface area contributed by atoms with Gasteiger partial charge in [0.2, 0.25) is 5.91 Å². The summed E-state index contributed by atoms with van der Waals surface area (Å²) in [7, 11) is 1.50. The summed E-state index contributed by atoms with van der Waals surface area (Å²) in [4.78, 5) is 32.7. The van der Waals surface area contributed by atoms with Crippen LogP contribution in [-0.4, -0.2) is 37.9 Å². The van der Waals surface area contributed by atoms with Crippen LogP contribution in [-0.2, 0) is 11.8 Å². The lowest BCUT2D eigenvalue weighted by Crippen LogP contribution is -2.22. The third kappa shape index (κ3) is 3.95. The molecule has 0 unspecified atom stereocenters. The Bertz CT molecular complexity index is 1290. The number of fused-ring (bicyclic) bond motifs is 1. The molecule has 4 rings (SSSR count). The first-order chi connectivity index (χ1) is 15.0. The number of aliphatic hydroxyl groups is 1. The molecule has 11 heteroatoms. The number of alkyl halides is 4. The van der Waals surface area contributed by atoms with Gasteiger partial charge in [0, 0.05) is 42.0 Å². The van der Waals surface area contributed by atoms with Crippen molar-refractivity contribution >= 4 is 22.6 Å². The Morgan fingerprint density at radius 1 is 1.22 bits per heavy atom. The highest BCUT2D eigenvalue weighted by Gasteiger charge is 2.43. The fourth-order valence-electron chi connectivity index (χ4n) is 3.46. The Balaban J connectivity index is 1.71. The zero-order valence-corrected chi connectivity index (χ0v) is 16.9. The lowest BCUT2D eigenvalue weighted by Gasteiger charge is -2.16. The van der Waals surface area contributed by atoms with Crippen LogP contribution in [0.3, 0.4) is 0 Å². The molecule has 1 aliphatic rings. The molecule has 0 bridgehead atoms. The van der Waals surface area contributed by atoms with Crippen molar-refractivity contribution in [3.05, 3.63) is 52.2 Å². The summed E-state index contributed by atoms with van der Waals surface area (Å²) in [6.07, 6.45) is -6.01. The number of nitrogens with zero attached hydrogens (tertiary/aromatic N) is 3. The molecule has 2 N–H and O–H groups in total. The van der Waals surface area contributed by atoms with Gasteiger partial charge in [-0.3, -0.25) is 14.6 Å². The fraction of sp³-hybridized carbons (Fsp3) is 0.333. The zero-order chi connectivity index (χ0) is 23.4. The molecular formula is C21H18F4N4O3. The Morgan fingerprint density at radius 2 is 1.91 bits per heavy atom. The molecule has 0 radical (unpaired) electrons. The van der Waals surface area contributed by atoms with E-state index in [1.165, 1.54) is 36.9 Å². The monoisotopic (exact) mass is 450 g/mol. The molecule has 168 valence electrons. The van der Waals surface area contributed by atoms with E-state index in [4.69, 9.17) is 0 Å². The van der Waals surface area contributed by atoms with E-state index in [0.29, 0.717) is 22.0 Å². The third-order valence-corrected chi connectivity index (χ3v) is 5.42. The SMILES string of the molecule is Cc1cc([C@@H](O)C(F)(F)F)ncc1-c1cc2cnc(NC(=O)[C@@H]3C[C@@H]3F)cc2n(C)c1=O. The van der Waals surface area contributed by atoms with Crippen LogP contribution < -0.4 is 10.9 Å². The minimum absolute atomic E-state index is 0.174. The average molecular weight is 450 g/mol. The second kappa shape index (κ2) is 7.66. The van der Waals surface area contributed by atoms with Crippen molar-refractivity contribution in [1.82, 2.24) is 14.5 Å². The minimum Gasteiger partial charge on any atom is -0.378 e. The lowest BCUT2D eigenvalue weighted by molar-refractivity contribution is -0.207. The molecule has 0 aromatic carbocycles. The highest BCUT2D eigenvalue weighted by molar-refractivity contribution is 5.95. The van der Waals surface area contributed by atoms with Crippen molar-refractivity contribution in [3.63, 3.8) is 0 Å². The number of carbonyl (C=O) groups excluding carboxylic acids is 1. The topological polar surface area (TPSA) is 97.1 Å². The summed E-state index contributed by atoms with van der Waals surface area (Å²) >= 11 is 0. The first-order valence-corrected chi connectivity index (χ1v) is 9.63. The smallest absolute Gasteiger partial charge is 0.378 e. The van der Waals surface area contributed by atoms with Crippen molar-refractivity contribution in [2.24, 2.45) is 13.0 Å². The summed E-state index contributed by atoms with van der Waals surface area (Å²) in [6, 6.07) is 4.10. The van der Waals surface area contributed by atoms with Gasteiger partial charge < -0.3 is 15.0 Å². The first-order valence-electron chi connectivity index (χ1n) is 9.63. The van der Waals surface area contributed by atoms with Crippen LogP contribution in [0.1, 0.15) is 23.8 Å². The summed E-state index contributed by atoms with van der Waals surface area (Å²) < 4.78 is 52.7. The molecular weight excluding hydrogens is 432 g/mol. The normalized spacial score (nSPS) is 19.1. The molecule has 1 fully saturated rings. The number of carbonyl (C=O) groups is 1. The predicted molar refractivity (Wildman–Crippen MR) is 108 cm³/mol. The van der Waals surface area contributed by atoms with Gasteiger partial charge in [0.05, 0.1) is 17.1 Å². The number of rotatable bonds is 4. The van der Waals surface area contributed by atoms with Crippen LogP contribution in [0, 0.1) is 12.8 Å². The van der Waals surface area contributed by atoms with Crippen molar-refractivity contribution in [3.8, 4) is 11.1 Å². The number of aryl methyl sites for hydroxylation is 2. The number of halogens is 4. The molecule has 0 aliphatic heterocycles. The number of pyridine rings is 3. The van der Waals surface area contributed by atoms with Gasteiger partial charge in [0.25, 0.3) is 5.56 Å². The van der Waals surface area contributed by atoms with Gasteiger partial charge in [-0.25, -0.2) is 9.37 Å². The number of aromatic nitrogens is 3. The first kappa shape index (κ1) is 21.9. The number of nitrogens with one attached hydrogen (secondary N) is 1. The van der Waals surface area contributed by atoms with E-state index in [-0.39, 0.29) is 17.8 Å². The molecule has 3 aromatic heterocycles. The summed E-state index contributed by atoms with van der Waals surface area (Å²) in [6.45, 7) is 1.51. The minimum atomic E-state index is -4.86. The van der Waals surface area contributed by atoms with E-state index in [1.54, 1.807) is 0 Å². The van der Waals surface area contributed by atoms with Crippen LogP contribution in [0.15, 0.2) is 35.4 Å². The Hall–Kier alpha value is -3.34. The van der Waals surface area contributed by atoms with E-state index in [1.807, 2.05) is 0 Å². The summed E-state index contributed by atoms with van der Waals surface area (Å²) in [5.74, 6) is -0.991. The Labute approximate surface area is 178 Å². The van der Waals surface area contributed by atoms with Gasteiger partial charge in [-0.15, -0.1) is 0 Å².